The van der Waals surface area contributed by atoms with Crippen molar-refractivity contribution < 1.29 is 0 Å². The monoisotopic (exact) mass is 253 g/mol. The molecule has 0 unspecified atom stereocenters. The molecule has 1 nitrogen and oxygen atoms in total. The molecule has 0 saturated heterocycles. The van der Waals surface area contributed by atoms with E-state index in [-0.39, 0.29) is 5.41 Å². The van der Waals surface area contributed by atoms with Crippen molar-refractivity contribution in [3.63, 3.8) is 0 Å². The molecule has 88 valence electrons. The molecule has 2 aromatic carbocycles. The number of nitrogens with zero attached hydrogens (tertiary/aromatic N) is 1. The van der Waals surface area contributed by atoms with Crippen molar-refractivity contribution in [2.45, 2.75) is 18.3 Å². The van der Waals surface area contributed by atoms with Gasteiger partial charge in [-0.2, -0.15) is 5.26 Å². The van der Waals surface area contributed by atoms with Crippen LogP contribution in [0.25, 0.3) is 11.1 Å². The van der Waals surface area contributed by atoms with Crippen LogP contribution in [0.15, 0.2) is 48.5 Å². The lowest BCUT2D eigenvalue weighted by atomic mass is 9.94. The van der Waals surface area contributed by atoms with E-state index in [2.05, 4.69) is 18.2 Å². The van der Waals surface area contributed by atoms with Gasteiger partial charge in [-0.15, -0.1) is 0 Å². The van der Waals surface area contributed by atoms with Crippen LogP contribution in [-0.2, 0) is 5.41 Å². The van der Waals surface area contributed by atoms with Gasteiger partial charge in [0.1, 0.15) is 0 Å². The molecule has 1 saturated carbocycles. The highest BCUT2D eigenvalue weighted by Gasteiger charge is 2.44. The van der Waals surface area contributed by atoms with Gasteiger partial charge < -0.3 is 0 Å². The van der Waals surface area contributed by atoms with Crippen LogP contribution in [0.2, 0.25) is 5.02 Å². The first-order chi connectivity index (χ1) is 8.73. The summed E-state index contributed by atoms with van der Waals surface area (Å²) in [5, 5.41) is 9.98. The lowest BCUT2D eigenvalue weighted by molar-refractivity contribution is 0.909. The van der Waals surface area contributed by atoms with E-state index in [0.717, 1.165) is 34.6 Å². The van der Waals surface area contributed by atoms with Crippen molar-refractivity contribution in [3.8, 4) is 17.2 Å². The number of hydrogen-bond donors (Lipinski definition) is 0. The average Bonchev–Trinajstić information content (AvgIpc) is 3.20. The Morgan fingerprint density at radius 1 is 1.00 bits per heavy atom. The summed E-state index contributed by atoms with van der Waals surface area (Å²) in [7, 11) is 0. The van der Waals surface area contributed by atoms with E-state index in [0.29, 0.717) is 0 Å². The van der Waals surface area contributed by atoms with Crippen molar-refractivity contribution in [2.75, 3.05) is 0 Å². The molecule has 0 bridgehead atoms. The molecule has 0 N–H and O–H groups in total. The van der Waals surface area contributed by atoms with Crippen LogP contribution in [0.5, 0.6) is 0 Å². The molecule has 0 radical (unpaired) electrons. The highest BCUT2D eigenvalue weighted by atomic mass is 35.5. The molecular formula is C16H12ClN. The van der Waals surface area contributed by atoms with Crippen molar-refractivity contribution in [1.82, 2.24) is 0 Å². The molecule has 18 heavy (non-hydrogen) atoms. The maximum atomic E-state index is 9.24. The van der Waals surface area contributed by atoms with E-state index >= 15 is 0 Å². The first-order valence-electron chi connectivity index (χ1n) is 6.01. The van der Waals surface area contributed by atoms with E-state index in [4.69, 9.17) is 11.6 Å². The molecule has 2 heteroatoms. The Labute approximate surface area is 112 Å². The van der Waals surface area contributed by atoms with Crippen LogP contribution in [0.1, 0.15) is 18.4 Å². The average molecular weight is 254 g/mol. The normalized spacial score (nSPS) is 16.0. The second kappa shape index (κ2) is 4.15. The minimum Gasteiger partial charge on any atom is -0.197 e. The first-order valence-corrected chi connectivity index (χ1v) is 6.39. The van der Waals surface area contributed by atoms with Gasteiger partial charge >= 0.3 is 0 Å². The lowest BCUT2D eigenvalue weighted by Crippen LogP contribution is -2.02. The third kappa shape index (κ3) is 1.89. The SMILES string of the molecule is N#CC1(c2cccc(-c3cccc(Cl)c3)c2)CC1. The molecule has 0 heterocycles. The van der Waals surface area contributed by atoms with Crippen LogP contribution in [0.4, 0.5) is 0 Å². The van der Waals surface area contributed by atoms with Crippen LogP contribution < -0.4 is 0 Å². The van der Waals surface area contributed by atoms with Gasteiger partial charge in [0, 0.05) is 5.02 Å². The van der Waals surface area contributed by atoms with Gasteiger partial charge in [0.05, 0.1) is 11.5 Å². The third-order valence-electron chi connectivity index (χ3n) is 3.54. The van der Waals surface area contributed by atoms with E-state index in [1.165, 1.54) is 0 Å². The number of hydrogen-bond acceptors (Lipinski definition) is 1. The molecule has 0 aromatic heterocycles. The maximum Gasteiger partial charge on any atom is 0.0824 e. The zero-order valence-electron chi connectivity index (χ0n) is 9.86. The molecule has 3 rings (SSSR count). The number of benzene rings is 2. The molecule has 1 fully saturated rings. The fourth-order valence-corrected chi connectivity index (χ4v) is 2.44. The highest BCUT2D eigenvalue weighted by molar-refractivity contribution is 6.30. The van der Waals surface area contributed by atoms with E-state index in [1.807, 2.05) is 36.4 Å². The second-order valence-electron chi connectivity index (χ2n) is 4.79. The summed E-state index contributed by atoms with van der Waals surface area (Å²) in [6.45, 7) is 0. The third-order valence-corrected chi connectivity index (χ3v) is 3.77. The summed E-state index contributed by atoms with van der Waals surface area (Å²) < 4.78 is 0. The maximum absolute atomic E-state index is 9.24. The quantitative estimate of drug-likeness (QED) is 0.770. The van der Waals surface area contributed by atoms with Crippen LogP contribution in [-0.4, -0.2) is 0 Å². The molecule has 0 spiro atoms. The Morgan fingerprint density at radius 2 is 1.67 bits per heavy atom. The van der Waals surface area contributed by atoms with E-state index in [1.54, 1.807) is 0 Å². The minimum absolute atomic E-state index is 0.228. The summed E-state index contributed by atoms with van der Waals surface area (Å²) in [6, 6.07) is 18.5. The topological polar surface area (TPSA) is 23.8 Å². The molecule has 0 aliphatic heterocycles. The van der Waals surface area contributed by atoms with Gasteiger partial charge in [0.15, 0.2) is 0 Å². The molecule has 1 aliphatic carbocycles. The number of halogens is 1. The van der Waals surface area contributed by atoms with Gasteiger partial charge in [0.25, 0.3) is 0 Å². The van der Waals surface area contributed by atoms with Crippen LogP contribution in [0, 0.1) is 11.3 Å². The first kappa shape index (κ1) is 11.3. The Balaban J connectivity index is 2.05. The van der Waals surface area contributed by atoms with Crippen LogP contribution in [0.3, 0.4) is 0 Å². The predicted octanol–water partition coefficient (Wildman–Crippen LogP) is 4.56. The molecule has 0 atom stereocenters. The molecule has 1 aliphatic rings. The Hall–Kier alpha value is -1.78. The Morgan fingerprint density at radius 3 is 2.28 bits per heavy atom. The standard InChI is InChI=1S/C16H12ClN/c17-15-6-2-4-13(10-15)12-3-1-5-14(9-12)16(11-18)7-8-16/h1-6,9-10H,7-8H2. The van der Waals surface area contributed by atoms with Gasteiger partial charge in [0.2, 0.25) is 0 Å². The number of rotatable bonds is 2. The van der Waals surface area contributed by atoms with Crippen molar-refractivity contribution >= 4 is 11.6 Å². The number of nitriles is 1. The Kier molecular flexibility index (Phi) is 2.61. The van der Waals surface area contributed by atoms with Crippen molar-refractivity contribution in [3.05, 3.63) is 59.1 Å². The molecule has 0 amide bonds. The zero-order valence-corrected chi connectivity index (χ0v) is 10.6. The fourth-order valence-electron chi connectivity index (χ4n) is 2.25. The lowest BCUT2D eigenvalue weighted by Gasteiger charge is -2.09. The van der Waals surface area contributed by atoms with Gasteiger partial charge in [-0.1, -0.05) is 41.9 Å². The van der Waals surface area contributed by atoms with E-state index in [9.17, 15) is 5.26 Å². The summed E-state index contributed by atoms with van der Waals surface area (Å²) in [4.78, 5) is 0. The minimum atomic E-state index is -0.228. The van der Waals surface area contributed by atoms with Crippen molar-refractivity contribution in [2.24, 2.45) is 0 Å². The zero-order chi connectivity index (χ0) is 12.6. The van der Waals surface area contributed by atoms with Crippen LogP contribution >= 0.6 is 11.6 Å². The smallest absolute Gasteiger partial charge is 0.0824 e. The summed E-state index contributed by atoms with van der Waals surface area (Å²) in [6.07, 6.45) is 1.95. The molecule has 2 aromatic rings. The fraction of sp³-hybridized carbons (Fsp3) is 0.188. The summed E-state index contributed by atoms with van der Waals surface area (Å²) in [5.41, 5.74) is 3.12. The van der Waals surface area contributed by atoms with Gasteiger partial charge in [-0.05, 0) is 47.7 Å². The summed E-state index contributed by atoms with van der Waals surface area (Å²) in [5.74, 6) is 0. The van der Waals surface area contributed by atoms with Crippen molar-refractivity contribution in [1.29, 1.82) is 5.26 Å². The molecular weight excluding hydrogens is 242 g/mol. The van der Waals surface area contributed by atoms with Gasteiger partial charge in [-0.25, -0.2) is 0 Å². The largest absolute Gasteiger partial charge is 0.197 e. The highest BCUT2D eigenvalue weighted by Crippen LogP contribution is 2.48. The predicted molar refractivity (Wildman–Crippen MR) is 73.4 cm³/mol. The van der Waals surface area contributed by atoms with E-state index < -0.39 is 0 Å². The van der Waals surface area contributed by atoms with Gasteiger partial charge in [-0.3, -0.25) is 0 Å². The Bertz CT molecular complexity index is 636. The second-order valence-corrected chi connectivity index (χ2v) is 5.22. The summed E-state index contributed by atoms with van der Waals surface area (Å²) >= 11 is 6.01.